The van der Waals surface area contributed by atoms with E-state index >= 15 is 0 Å². The number of hydrogen-bond donors (Lipinski definition) is 3. The van der Waals surface area contributed by atoms with E-state index in [1.807, 2.05) is 11.9 Å². The summed E-state index contributed by atoms with van der Waals surface area (Å²) in [4.78, 5) is 27.9. The lowest BCUT2D eigenvalue weighted by Crippen LogP contribution is -2.40. The molecule has 0 bridgehead atoms. The maximum Gasteiger partial charge on any atom is 0.264 e. The van der Waals surface area contributed by atoms with Crippen LogP contribution in [0.3, 0.4) is 0 Å². The molecule has 0 saturated carbocycles. The highest BCUT2D eigenvalue weighted by Crippen LogP contribution is 2.42. The van der Waals surface area contributed by atoms with E-state index in [1.165, 1.54) is 4.90 Å². The Morgan fingerprint density at radius 2 is 2.11 bits per heavy atom. The van der Waals surface area contributed by atoms with Crippen molar-refractivity contribution >= 4 is 40.3 Å². The minimum atomic E-state index is -0.795. The number of likely N-dealkylation sites (tertiary alicyclic amines) is 1. The van der Waals surface area contributed by atoms with Crippen LogP contribution in [0.1, 0.15) is 24.8 Å². The summed E-state index contributed by atoms with van der Waals surface area (Å²) in [6.07, 6.45) is -0.272. The Morgan fingerprint density at radius 3 is 2.71 bits per heavy atom. The summed E-state index contributed by atoms with van der Waals surface area (Å²) in [5.74, 6) is -1.76. The lowest BCUT2D eigenvalue weighted by atomic mass is 9.85. The van der Waals surface area contributed by atoms with Gasteiger partial charge in [-0.2, -0.15) is 0 Å². The molecule has 150 valence electrons. The lowest BCUT2D eigenvalue weighted by molar-refractivity contribution is -0.112. The number of carbonyl (C=O) groups excluding carboxylic acids is 1. The molecule has 0 radical (unpaired) electrons. The number of aliphatic hydroxyl groups is 1. The fourth-order valence-corrected chi connectivity index (χ4v) is 3.84. The molecule has 0 aliphatic carbocycles. The zero-order valence-electron chi connectivity index (χ0n) is 15.6. The number of aromatic hydroxyl groups is 2. The van der Waals surface area contributed by atoms with E-state index < -0.39 is 29.1 Å². The van der Waals surface area contributed by atoms with Crippen LogP contribution in [0.25, 0.3) is 11.0 Å². The first kappa shape index (κ1) is 20.2. The molecule has 2 atom stereocenters. The quantitative estimate of drug-likeness (QED) is 0.652. The molecule has 1 aromatic carbocycles. The van der Waals surface area contributed by atoms with Crippen LogP contribution in [0.15, 0.2) is 21.3 Å². The molecule has 2 heterocycles. The number of rotatable bonds is 4. The van der Waals surface area contributed by atoms with Crippen molar-refractivity contribution in [3.63, 3.8) is 0 Å². The monoisotopic (exact) mass is 406 g/mol. The van der Waals surface area contributed by atoms with E-state index in [-0.39, 0.29) is 34.7 Å². The Balaban J connectivity index is 2.28. The molecule has 1 saturated heterocycles. The molecule has 2 unspecified atom stereocenters. The highest BCUT2D eigenvalue weighted by Gasteiger charge is 2.33. The summed E-state index contributed by atoms with van der Waals surface area (Å²) in [5.41, 5.74) is -0.351. The number of benzene rings is 1. The van der Waals surface area contributed by atoms with Gasteiger partial charge >= 0.3 is 0 Å². The van der Waals surface area contributed by atoms with Crippen molar-refractivity contribution in [1.29, 1.82) is 0 Å². The first-order chi connectivity index (χ1) is 13.3. The molecule has 0 spiro atoms. The van der Waals surface area contributed by atoms with Crippen molar-refractivity contribution in [2.45, 2.75) is 25.4 Å². The van der Waals surface area contributed by atoms with E-state index in [0.717, 1.165) is 17.5 Å². The third-order valence-electron chi connectivity index (χ3n) is 5.09. The summed E-state index contributed by atoms with van der Waals surface area (Å²) >= 11 is 4.69. The highest BCUT2D eigenvalue weighted by atomic mass is 32.1. The third kappa shape index (κ3) is 3.48. The fourth-order valence-electron chi connectivity index (χ4n) is 3.71. The average molecular weight is 406 g/mol. The normalized spacial score (nSPS) is 20.2. The number of hydrogen-bond acceptors (Lipinski definition) is 8. The predicted octanol–water partition coefficient (Wildman–Crippen LogP) is 1.34. The summed E-state index contributed by atoms with van der Waals surface area (Å²) in [5, 5.41) is 32.1. The second kappa shape index (κ2) is 7.86. The van der Waals surface area contributed by atoms with Crippen molar-refractivity contribution in [1.82, 2.24) is 4.90 Å². The largest absolute Gasteiger partial charge is 0.507 e. The molecular formula is C19H22N2O6S. The lowest BCUT2D eigenvalue weighted by Gasteiger charge is -2.34. The number of phenols is 2. The van der Waals surface area contributed by atoms with Gasteiger partial charge in [0.1, 0.15) is 16.9 Å². The summed E-state index contributed by atoms with van der Waals surface area (Å²) in [7, 11) is 1.88. The molecule has 1 fully saturated rings. The van der Waals surface area contributed by atoms with E-state index in [9.17, 15) is 24.9 Å². The fraction of sp³-hybridized carbons (Fsp3) is 0.421. The van der Waals surface area contributed by atoms with Crippen LogP contribution in [-0.4, -0.2) is 64.3 Å². The molecule has 28 heavy (non-hydrogen) atoms. The Hall–Kier alpha value is -2.49. The van der Waals surface area contributed by atoms with Gasteiger partial charge in [0.25, 0.3) is 5.91 Å². The van der Waals surface area contributed by atoms with Crippen LogP contribution in [0.2, 0.25) is 0 Å². The van der Waals surface area contributed by atoms with Gasteiger partial charge in [-0.1, -0.05) is 12.2 Å². The number of piperidine rings is 1. The first-order valence-electron chi connectivity index (χ1n) is 8.94. The molecule has 1 aliphatic rings. The molecule has 9 heteroatoms. The van der Waals surface area contributed by atoms with Crippen LogP contribution >= 0.6 is 12.2 Å². The second-order valence-corrected chi connectivity index (χ2v) is 7.14. The number of fused-ring (bicyclic) bond motifs is 1. The van der Waals surface area contributed by atoms with E-state index in [2.05, 4.69) is 12.2 Å². The summed E-state index contributed by atoms with van der Waals surface area (Å²) in [6.45, 7) is 2.97. The highest BCUT2D eigenvalue weighted by molar-refractivity contribution is 7.80. The minimum Gasteiger partial charge on any atom is -0.507 e. The van der Waals surface area contributed by atoms with Gasteiger partial charge in [-0.15, -0.1) is 0 Å². The maximum atomic E-state index is 12.7. The number of carbonyl (C=O) groups is 1. The molecule has 1 aliphatic heterocycles. The van der Waals surface area contributed by atoms with Crippen LogP contribution in [0, 0.1) is 0 Å². The number of phenolic OH excluding ortho intramolecular Hbond substituents is 2. The minimum absolute atomic E-state index is 0.0378. The van der Waals surface area contributed by atoms with Crippen molar-refractivity contribution in [3.05, 3.63) is 27.9 Å². The number of β-amino-alcohol motifs (C(OH)–C–C–N with tert-alkyl or cyclic N) is 1. The molecule has 8 nitrogen and oxygen atoms in total. The van der Waals surface area contributed by atoms with Gasteiger partial charge < -0.3 is 24.6 Å². The van der Waals surface area contributed by atoms with Gasteiger partial charge in [0, 0.05) is 36.7 Å². The Morgan fingerprint density at radius 1 is 1.39 bits per heavy atom. The second-order valence-electron chi connectivity index (χ2n) is 6.91. The van der Waals surface area contributed by atoms with Crippen molar-refractivity contribution in [2.75, 3.05) is 31.6 Å². The molecule has 3 N–H and O–H groups in total. The van der Waals surface area contributed by atoms with Gasteiger partial charge in [0.15, 0.2) is 11.0 Å². The number of anilines is 1. The molecule has 3 rings (SSSR count). The van der Waals surface area contributed by atoms with E-state index in [0.29, 0.717) is 19.5 Å². The Bertz CT molecular complexity index is 989. The molecular weight excluding hydrogens is 384 g/mol. The summed E-state index contributed by atoms with van der Waals surface area (Å²) in [6, 6.07) is 2.19. The topological polar surface area (TPSA) is 114 Å². The maximum absolute atomic E-state index is 12.7. The van der Waals surface area contributed by atoms with E-state index in [4.69, 9.17) is 4.42 Å². The standard InChI is InChI=1S/C19H22N2O6S/c1-3-21(15(26)9-28)16-7-13(24)18-12(23)6-11(22)17(19(18)27-16)10-4-5-20(2)8-14(10)25/h6-7,9-10,14,22-23,25H,3-5,8H2,1-2H3. The molecule has 2 aromatic rings. The van der Waals surface area contributed by atoms with Crippen molar-refractivity contribution in [2.24, 2.45) is 0 Å². The van der Waals surface area contributed by atoms with Gasteiger partial charge in [-0.3, -0.25) is 14.5 Å². The van der Waals surface area contributed by atoms with Crippen LogP contribution in [0.5, 0.6) is 11.5 Å². The van der Waals surface area contributed by atoms with Crippen molar-refractivity contribution < 1.29 is 24.5 Å². The SMILES string of the molecule is CCN(C(=O)C=S)c1cc(=O)c2c(O)cc(O)c(C3CCN(C)CC3O)c2o1. The summed E-state index contributed by atoms with van der Waals surface area (Å²) < 4.78 is 5.83. The third-order valence-corrected chi connectivity index (χ3v) is 5.29. The van der Waals surface area contributed by atoms with Crippen LogP contribution < -0.4 is 10.3 Å². The number of amides is 1. The smallest absolute Gasteiger partial charge is 0.264 e. The van der Waals surface area contributed by atoms with Crippen LogP contribution in [0.4, 0.5) is 5.88 Å². The van der Waals surface area contributed by atoms with Crippen molar-refractivity contribution in [3.8, 4) is 11.5 Å². The molecule has 1 aromatic heterocycles. The predicted molar refractivity (Wildman–Crippen MR) is 108 cm³/mol. The van der Waals surface area contributed by atoms with Gasteiger partial charge in [0.2, 0.25) is 5.88 Å². The number of thiocarbonyl (C=S) groups is 1. The Labute approximate surface area is 166 Å². The first-order valence-corrected chi connectivity index (χ1v) is 9.41. The number of nitrogens with zero attached hydrogens (tertiary/aromatic N) is 2. The average Bonchev–Trinajstić information content (AvgIpc) is 2.63. The molecule has 1 amide bonds. The van der Waals surface area contributed by atoms with Gasteiger partial charge in [0.05, 0.1) is 11.5 Å². The van der Waals surface area contributed by atoms with Gasteiger partial charge in [-0.25, -0.2) is 0 Å². The number of likely N-dealkylation sites (N-methyl/N-ethyl adjacent to an activating group) is 1. The van der Waals surface area contributed by atoms with E-state index in [1.54, 1.807) is 6.92 Å². The van der Waals surface area contributed by atoms with Gasteiger partial charge in [-0.05, 0) is 26.9 Å². The van der Waals surface area contributed by atoms with Crippen LogP contribution in [-0.2, 0) is 4.79 Å². The Kier molecular flexibility index (Phi) is 5.69. The number of aliphatic hydroxyl groups excluding tert-OH is 1. The zero-order valence-corrected chi connectivity index (χ0v) is 16.4. The zero-order chi connectivity index (χ0) is 20.6.